The summed E-state index contributed by atoms with van der Waals surface area (Å²) in [5.41, 5.74) is 2.18. The van der Waals surface area contributed by atoms with Crippen LogP contribution in [0.5, 0.6) is 0 Å². The summed E-state index contributed by atoms with van der Waals surface area (Å²) >= 11 is 3.43. The quantitative estimate of drug-likeness (QED) is 0.578. The Balaban J connectivity index is 1.87. The highest BCUT2D eigenvalue weighted by atomic mass is 79.9. The second kappa shape index (κ2) is 7.37. The lowest BCUT2D eigenvalue weighted by Crippen LogP contribution is -2.30. The van der Waals surface area contributed by atoms with E-state index in [-0.39, 0.29) is 11.7 Å². The van der Waals surface area contributed by atoms with Crippen molar-refractivity contribution in [3.8, 4) is 6.07 Å². The number of para-hydroxylation sites is 1. The van der Waals surface area contributed by atoms with Gasteiger partial charge in [0.15, 0.2) is 5.76 Å². The summed E-state index contributed by atoms with van der Waals surface area (Å²) in [4.78, 5) is 14.5. The summed E-state index contributed by atoms with van der Waals surface area (Å²) in [6, 6.07) is 16.7. The summed E-state index contributed by atoms with van der Waals surface area (Å²) < 4.78 is 6.56. The van der Waals surface area contributed by atoms with Crippen molar-refractivity contribution < 1.29 is 9.21 Å². The van der Waals surface area contributed by atoms with E-state index in [0.29, 0.717) is 24.2 Å². The van der Waals surface area contributed by atoms with E-state index in [9.17, 15) is 4.79 Å². The molecule has 2 aromatic carbocycles. The maximum absolute atomic E-state index is 12.9. The number of benzene rings is 2. The van der Waals surface area contributed by atoms with Crippen molar-refractivity contribution in [1.29, 1.82) is 5.26 Å². The third-order valence-corrected chi connectivity index (χ3v) is 4.42. The second-order valence-corrected chi connectivity index (χ2v) is 6.41. The van der Waals surface area contributed by atoms with Gasteiger partial charge in [-0.05, 0) is 45.8 Å². The minimum absolute atomic E-state index is 0.202. The Morgan fingerprint density at radius 1 is 1.28 bits per heavy atom. The molecular weight excluding hydrogens is 380 g/mol. The van der Waals surface area contributed by atoms with Crippen LogP contribution in [-0.2, 0) is 6.54 Å². The van der Waals surface area contributed by atoms with E-state index in [2.05, 4.69) is 28.6 Å². The number of nitrogens with zero attached hydrogens (tertiary/aromatic N) is 2. The molecule has 25 heavy (non-hydrogen) atoms. The molecule has 1 amide bonds. The first-order chi connectivity index (χ1) is 12.1. The molecule has 0 bridgehead atoms. The number of carbonyl (C=O) groups is 1. The zero-order chi connectivity index (χ0) is 17.8. The first-order valence-corrected chi connectivity index (χ1v) is 8.49. The van der Waals surface area contributed by atoms with Crippen LogP contribution in [-0.4, -0.2) is 17.4 Å². The molecule has 1 heterocycles. The van der Waals surface area contributed by atoms with Gasteiger partial charge < -0.3 is 9.32 Å². The summed E-state index contributed by atoms with van der Waals surface area (Å²) in [6.45, 7) is 4.54. The zero-order valence-corrected chi connectivity index (χ0v) is 15.0. The van der Waals surface area contributed by atoms with Gasteiger partial charge in [-0.1, -0.05) is 30.3 Å². The molecule has 0 aliphatic rings. The van der Waals surface area contributed by atoms with Crippen molar-refractivity contribution in [2.45, 2.75) is 6.54 Å². The van der Waals surface area contributed by atoms with Gasteiger partial charge in [0.05, 0.1) is 16.1 Å². The van der Waals surface area contributed by atoms with Crippen LogP contribution in [0.15, 0.2) is 70.1 Å². The Morgan fingerprint density at radius 2 is 2.04 bits per heavy atom. The van der Waals surface area contributed by atoms with Gasteiger partial charge in [-0.3, -0.25) is 4.79 Å². The van der Waals surface area contributed by atoms with E-state index in [1.54, 1.807) is 29.2 Å². The van der Waals surface area contributed by atoms with Gasteiger partial charge >= 0.3 is 0 Å². The lowest BCUT2D eigenvalue weighted by molar-refractivity contribution is 0.0733. The fraction of sp³-hybridized carbons (Fsp3) is 0.100. The molecule has 0 atom stereocenters. The molecule has 0 aliphatic carbocycles. The summed E-state index contributed by atoms with van der Waals surface area (Å²) in [5, 5.41) is 9.75. The Bertz CT molecular complexity index is 968. The van der Waals surface area contributed by atoms with Crippen molar-refractivity contribution in [3.05, 3.63) is 82.5 Å². The second-order valence-electron chi connectivity index (χ2n) is 5.55. The number of nitriles is 1. The Morgan fingerprint density at radius 3 is 2.68 bits per heavy atom. The third kappa shape index (κ3) is 3.65. The van der Waals surface area contributed by atoms with E-state index in [4.69, 9.17) is 9.68 Å². The van der Waals surface area contributed by atoms with E-state index < -0.39 is 0 Å². The van der Waals surface area contributed by atoms with E-state index in [1.165, 1.54) is 0 Å². The number of furan rings is 1. The molecule has 3 aromatic rings. The van der Waals surface area contributed by atoms with Gasteiger partial charge in [-0.15, -0.1) is 6.58 Å². The SMILES string of the molecule is C=CCN(Cc1ccc(C#N)cc1)C(=O)c1cc2cccc(Br)c2o1. The Labute approximate surface area is 154 Å². The average Bonchev–Trinajstić information content (AvgIpc) is 3.07. The molecular formula is C20H15BrN2O2. The fourth-order valence-electron chi connectivity index (χ4n) is 2.57. The standard InChI is InChI=1S/C20H15BrN2O2/c1-2-10-23(13-15-8-6-14(12-22)7-9-15)20(24)18-11-16-4-3-5-17(21)19(16)25-18/h2-9,11H,1,10,13H2. The molecule has 0 fully saturated rings. The van der Waals surface area contributed by atoms with Crippen molar-refractivity contribution in [2.24, 2.45) is 0 Å². The maximum atomic E-state index is 12.9. The van der Waals surface area contributed by atoms with E-state index in [1.807, 2.05) is 30.3 Å². The number of rotatable bonds is 5. The molecule has 0 aliphatic heterocycles. The highest BCUT2D eigenvalue weighted by Crippen LogP contribution is 2.27. The molecule has 5 heteroatoms. The van der Waals surface area contributed by atoms with Gasteiger partial charge in [-0.25, -0.2) is 0 Å². The van der Waals surface area contributed by atoms with Crippen LogP contribution in [0.1, 0.15) is 21.7 Å². The van der Waals surface area contributed by atoms with Gasteiger partial charge in [-0.2, -0.15) is 5.26 Å². The van der Waals surface area contributed by atoms with Crippen LogP contribution >= 0.6 is 15.9 Å². The topological polar surface area (TPSA) is 57.2 Å². The molecule has 124 valence electrons. The largest absolute Gasteiger partial charge is 0.450 e. The molecule has 0 unspecified atom stereocenters. The lowest BCUT2D eigenvalue weighted by atomic mass is 10.1. The molecule has 0 radical (unpaired) electrons. The van der Waals surface area contributed by atoms with Gasteiger partial charge in [0.1, 0.15) is 5.58 Å². The molecule has 1 aromatic heterocycles. The summed E-state index contributed by atoms with van der Waals surface area (Å²) in [6.07, 6.45) is 1.68. The minimum Gasteiger partial charge on any atom is -0.450 e. The van der Waals surface area contributed by atoms with E-state index in [0.717, 1.165) is 15.4 Å². The Kier molecular flexibility index (Phi) is 5.01. The number of amides is 1. The minimum atomic E-state index is -0.202. The summed E-state index contributed by atoms with van der Waals surface area (Å²) in [5.74, 6) is 0.0877. The van der Waals surface area contributed by atoms with Crippen molar-refractivity contribution in [2.75, 3.05) is 6.54 Å². The Hall–Kier alpha value is -2.84. The monoisotopic (exact) mass is 394 g/mol. The normalized spacial score (nSPS) is 10.4. The number of halogens is 1. The van der Waals surface area contributed by atoms with Crippen LogP contribution < -0.4 is 0 Å². The third-order valence-electron chi connectivity index (χ3n) is 3.80. The summed E-state index contributed by atoms with van der Waals surface area (Å²) in [7, 11) is 0. The maximum Gasteiger partial charge on any atom is 0.290 e. The first-order valence-electron chi connectivity index (χ1n) is 7.69. The lowest BCUT2D eigenvalue weighted by Gasteiger charge is -2.20. The number of carbonyl (C=O) groups excluding carboxylic acids is 1. The smallest absolute Gasteiger partial charge is 0.290 e. The van der Waals surface area contributed by atoms with Crippen LogP contribution in [0.25, 0.3) is 11.0 Å². The molecule has 0 N–H and O–H groups in total. The molecule has 3 rings (SSSR count). The van der Waals surface area contributed by atoms with Crippen LogP contribution in [0.4, 0.5) is 0 Å². The highest BCUT2D eigenvalue weighted by molar-refractivity contribution is 9.10. The van der Waals surface area contributed by atoms with Gasteiger partial charge in [0, 0.05) is 18.5 Å². The number of hydrogen-bond donors (Lipinski definition) is 0. The predicted molar refractivity (Wildman–Crippen MR) is 100 cm³/mol. The molecule has 0 saturated heterocycles. The van der Waals surface area contributed by atoms with Gasteiger partial charge in [0.25, 0.3) is 5.91 Å². The predicted octanol–water partition coefficient (Wildman–Crippen LogP) is 4.90. The zero-order valence-electron chi connectivity index (χ0n) is 13.4. The average molecular weight is 395 g/mol. The van der Waals surface area contributed by atoms with E-state index >= 15 is 0 Å². The number of fused-ring (bicyclic) bond motifs is 1. The first kappa shape index (κ1) is 17.0. The van der Waals surface area contributed by atoms with Crippen LogP contribution in [0.3, 0.4) is 0 Å². The van der Waals surface area contributed by atoms with Crippen molar-refractivity contribution in [3.63, 3.8) is 0 Å². The number of hydrogen-bond acceptors (Lipinski definition) is 3. The van der Waals surface area contributed by atoms with Crippen LogP contribution in [0.2, 0.25) is 0 Å². The van der Waals surface area contributed by atoms with Crippen molar-refractivity contribution >= 4 is 32.8 Å². The molecule has 0 saturated carbocycles. The van der Waals surface area contributed by atoms with Crippen molar-refractivity contribution in [1.82, 2.24) is 4.90 Å². The van der Waals surface area contributed by atoms with Gasteiger partial charge in [0.2, 0.25) is 0 Å². The fourth-order valence-corrected chi connectivity index (χ4v) is 3.03. The van der Waals surface area contributed by atoms with Crippen LogP contribution in [0, 0.1) is 11.3 Å². The molecule has 0 spiro atoms. The highest BCUT2D eigenvalue weighted by Gasteiger charge is 2.20. The molecule has 4 nitrogen and oxygen atoms in total.